The smallest absolute Gasteiger partial charge is 0.253 e. The molecular formula is C21H31N3O2. The van der Waals surface area contributed by atoms with Crippen molar-refractivity contribution in [1.82, 2.24) is 9.80 Å². The van der Waals surface area contributed by atoms with Crippen LogP contribution in [0.25, 0.3) is 0 Å². The van der Waals surface area contributed by atoms with Crippen LogP contribution in [0.4, 0.5) is 0 Å². The Morgan fingerprint density at radius 3 is 2.27 bits per heavy atom. The highest BCUT2D eigenvalue weighted by Gasteiger charge is 2.33. The van der Waals surface area contributed by atoms with E-state index in [0.717, 1.165) is 62.0 Å². The molecule has 0 bridgehead atoms. The van der Waals surface area contributed by atoms with Gasteiger partial charge < -0.3 is 15.5 Å². The van der Waals surface area contributed by atoms with Crippen LogP contribution in [0.5, 0.6) is 0 Å². The minimum atomic E-state index is -0.0620. The second-order valence-corrected chi connectivity index (χ2v) is 7.97. The van der Waals surface area contributed by atoms with E-state index in [-0.39, 0.29) is 17.7 Å². The first-order chi connectivity index (χ1) is 12.5. The summed E-state index contributed by atoms with van der Waals surface area (Å²) < 4.78 is 0. The van der Waals surface area contributed by atoms with Crippen molar-refractivity contribution in [1.29, 1.82) is 0 Å². The van der Waals surface area contributed by atoms with Gasteiger partial charge in [0.15, 0.2) is 0 Å². The molecule has 142 valence electrons. The molecule has 5 heteroatoms. The number of nitrogens with zero attached hydrogens (tertiary/aromatic N) is 2. The van der Waals surface area contributed by atoms with Gasteiger partial charge in [-0.15, -0.1) is 0 Å². The lowest BCUT2D eigenvalue weighted by Gasteiger charge is -2.37. The predicted molar refractivity (Wildman–Crippen MR) is 103 cm³/mol. The highest BCUT2D eigenvalue weighted by atomic mass is 16.2. The maximum atomic E-state index is 12.9. The van der Waals surface area contributed by atoms with Crippen molar-refractivity contribution in [2.24, 2.45) is 17.6 Å². The molecule has 0 aromatic heterocycles. The Labute approximate surface area is 156 Å². The van der Waals surface area contributed by atoms with Gasteiger partial charge in [0.1, 0.15) is 0 Å². The number of carbonyl (C=O) groups excluding carboxylic acids is 2. The molecule has 2 aliphatic rings. The average Bonchev–Trinajstić information content (AvgIpc) is 2.66. The summed E-state index contributed by atoms with van der Waals surface area (Å²) >= 11 is 0. The van der Waals surface area contributed by atoms with Crippen LogP contribution in [-0.4, -0.2) is 54.3 Å². The Morgan fingerprint density at radius 2 is 1.65 bits per heavy atom. The maximum Gasteiger partial charge on any atom is 0.253 e. The summed E-state index contributed by atoms with van der Waals surface area (Å²) in [5.41, 5.74) is 8.68. The second kappa shape index (κ2) is 8.21. The lowest BCUT2D eigenvalue weighted by Crippen LogP contribution is -2.49. The fraction of sp³-hybridized carbons (Fsp3) is 0.619. The minimum Gasteiger partial charge on any atom is -0.342 e. The van der Waals surface area contributed by atoms with Gasteiger partial charge in [0, 0.05) is 31.7 Å². The first-order valence-corrected chi connectivity index (χ1v) is 9.84. The molecule has 0 aliphatic carbocycles. The Bertz CT molecular complexity index is 645. The van der Waals surface area contributed by atoms with Crippen LogP contribution in [0.1, 0.15) is 47.2 Å². The van der Waals surface area contributed by atoms with Crippen molar-refractivity contribution in [3.05, 3.63) is 34.9 Å². The van der Waals surface area contributed by atoms with E-state index in [1.54, 1.807) is 0 Å². The third-order valence-electron chi connectivity index (χ3n) is 5.79. The van der Waals surface area contributed by atoms with E-state index in [1.807, 2.05) is 35.8 Å². The van der Waals surface area contributed by atoms with Crippen LogP contribution in [0.3, 0.4) is 0 Å². The predicted octanol–water partition coefficient (Wildman–Crippen LogP) is 2.35. The van der Waals surface area contributed by atoms with Gasteiger partial charge in [-0.05, 0) is 64.1 Å². The summed E-state index contributed by atoms with van der Waals surface area (Å²) in [7, 11) is 0. The second-order valence-electron chi connectivity index (χ2n) is 7.97. The van der Waals surface area contributed by atoms with E-state index in [0.29, 0.717) is 19.0 Å². The molecule has 2 aliphatic heterocycles. The molecule has 0 radical (unpaired) electrons. The van der Waals surface area contributed by atoms with Crippen LogP contribution >= 0.6 is 0 Å². The van der Waals surface area contributed by atoms with E-state index in [4.69, 9.17) is 5.73 Å². The topological polar surface area (TPSA) is 66.6 Å². The zero-order valence-corrected chi connectivity index (χ0v) is 16.0. The Balaban J connectivity index is 1.63. The number of likely N-dealkylation sites (tertiary alicyclic amines) is 2. The van der Waals surface area contributed by atoms with Crippen molar-refractivity contribution in [3.63, 3.8) is 0 Å². The summed E-state index contributed by atoms with van der Waals surface area (Å²) in [6, 6.07) is 5.96. The third-order valence-corrected chi connectivity index (χ3v) is 5.79. The monoisotopic (exact) mass is 357 g/mol. The van der Waals surface area contributed by atoms with Gasteiger partial charge in [-0.2, -0.15) is 0 Å². The fourth-order valence-electron chi connectivity index (χ4n) is 4.29. The Hall–Kier alpha value is -1.88. The van der Waals surface area contributed by atoms with E-state index >= 15 is 0 Å². The highest BCUT2D eigenvalue weighted by Crippen LogP contribution is 2.24. The van der Waals surface area contributed by atoms with E-state index < -0.39 is 0 Å². The summed E-state index contributed by atoms with van der Waals surface area (Å²) in [6.45, 7) is 7.63. The number of benzene rings is 1. The molecule has 1 aromatic rings. The molecular weight excluding hydrogens is 326 g/mol. The molecule has 1 aromatic carbocycles. The van der Waals surface area contributed by atoms with E-state index in [1.165, 1.54) is 0 Å². The van der Waals surface area contributed by atoms with Crippen LogP contribution in [-0.2, 0) is 4.79 Å². The van der Waals surface area contributed by atoms with Crippen molar-refractivity contribution in [2.75, 3.05) is 32.7 Å². The molecule has 0 spiro atoms. The van der Waals surface area contributed by atoms with Gasteiger partial charge in [0.05, 0.1) is 5.92 Å². The van der Waals surface area contributed by atoms with Crippen molar-refractivity contribution in [3.8, 4) is 0 Å². The summed E-state index contributed by atoms with van der Waals surface area (Å²) in [6.07, 6.45) is 3.78. The quantitative estimate of drug-likeness (QED) is 0.903. The molecule has 2 N–H and O–H groups in total. The van der Waals surface area contributed by atoms with Crippen LogP contribution in [0.2, 0.25) is 0 Å². The number of nitrogens with two attached hydrogens (primary N) is 1. The molecule has 3 rings (SSSR count). The summed E-state index contributed by atoms with van der Waals surface area (Å²) in [5.74, 6) is 0.760. The van der Waals surface area contributed by atoms with E-state index in [9.17, 15) is 9.59 Å². The normalized spacial score (nSPS) is 21.7. The SMILES string of the molecule is Cc1cc(C)cc(C(=O)N2CCCC(C(=O)N3CCC(CN)CC3)C2)c1. The van der Waals surface area contributed by atoms with Gasteiger partial charge in [0.25, 0.3) is 5.91 Å². The largest absolute Gasteiger partial charge is 0.342 e. The fourth-order valence-corrected chi connectivity index (χ4v) is 4.29. The number of amides is 2. The minimum absolute atomic E-state index is 0.0520. The molecule has 1 atom stereocenters. The molecule has 2 saturated heterocycles. The van der Waals surface area contributed by atoms with Gasteiger partial charge in [0.2, 0.25) is 5.91 Å². The van der Waals surface area contributed by atoms with Crippen LogP contribution < -0.4 is 5.73 Å². The Morgan fingerprint density at radius 1 is 1.00 bits per heavy atom. The van der Waals surface area contributed by atoms with Gasteiger partial charge in [-0.3, -0.25) is 9.59 Å². The number of rotatable bonds is 3. The number of hydrogen-bond donors (Lipinski definition) is 1. The van der Waals surface area contributed by atoms with Gasteiger partial charge in [-0.1, -0.05) is 17.2 Å². The lowest BCUT2D eigenvalue weighted by atomic mass is 9.92. The molecule has 1 unspecified atom stereocenters. The van der Waals surface area contributed by atoms with Crippen LogP contribution in [0.15, 0.2) is 18.2 Å². The molecule has 2 heterocycles. The van der Waals surface area contributed by atoms with Gasteiger partial charge >= 0.3 is 0 Å². The van der Waals surface area contributed by atoms with Crippen LogP contribution in [0, 0.1) is 25.7 Å². The first-order valence-electron chi connectivity index (χ1n) is 9.84. The van der Waals surface area contributed by atoms with E-state index in [2.05, 4.69) is 6.07 Å². The molecule has 0 saturated carbocycles. The lowest BCUT2D eigenvalue weighted by molar-refractivity contribution is -0.138. The molecule has 2 fully saturated rings. The van der Waals surface area contributed by atoms with Crippen molar-refractivity contribution >= 4 is 11.8 Å². The summed E-state index contributed by atoms with van der Waals surface area (Å²) in [4.78, 5) is 29.7. The zero-order valence-electron chi connectivity index (χ0n) is 16.0. The molecule has 26 heavy (non-hydrogen) atoms. The Kier molecular flexibility index (Phi) is 5.97. The number of piperidine rings is 2. The number of carbonyl (C=O) groups is 2. The maximum absolute atomic E-state index is 12.9. The molecule has 2 amide bonds. The number of aryl methyl sites for hydroxylation is 2. The standard InChI is InChI=1S/C21H31N3O2/c1-15-10-16(2)12-19(11-15)21(26)24-7-3-4-18(14-24)20(25)23-8-5-17(13-22)6-9-23/h10-12,17-18H,3-9,13-14,22H2,1-2H3. The highest BCUT2D eigenvalue weighted by molar-refractivity contribution is 5.95. The summed E-state index contributed by atoms with van der Waals surface area (Å²) in [5, 5.41) is 0. The van der Waals surface area contributed by atoms with Gasteiger partial charge in [-0.25, -0.2) is 0 Å². The first kappa shape index (κ1) is 18.9. The molecule has 5 nitrogen and oxygen atoms in total. The average molecular weight is 357 g/mol. The van der Waals surface area contributed by atoms with Crippen molar-refractivity contribution < 1.29 is 9.59 Å². The zero-order chi connectivity index (χ0) is 18.7. The number of hydrogen-bond acceptors (Lipinski definition) is 3. The third kappa shape index (κ3) is 4.26. The van der Waals surface area contributed by atoms with Crippen molar-refractivity contribution in [2.45, 2.75) is 39.5 Å².